The summed E-state index contributed by atoms with van der Waals surface area (Å²) >= 11 is 0. The van der Waals surface area contributed by atoms with Crippen molar-refractivity contribution in [1.82, 2.24) is 9.55 Å². The molecule has 0 saturated carbocycles. The van der Waals surface area contributed by atoms with Crippen LogP contribution in [0.15, 0.2) is 17.1 Å². The molecular formula is C17H21N3O9. The Morgan fingerprint density at radius 2 is 1.76 bits per heavy atom. The van der Waals surface area contributed by atoms with Gasteiger partial charge in [-0.05, 0) is 13.0 Å². The molecule has 0 spiro atoms. The van der Waals surface area contributed by atoms with Gasteiger partial charge in [-0.1, -0.05) is 0 Å². The van der Waals surface area contributed by atoms with Crippen molar-refractivity contribution in [3.05, 3.63) is 22.7 Å². The van der Waals surface area contributed by atoms with Crippen LogP contribution >= 0.6 is 0 Å². The molecule has 2 N–H and O–H groups in total. The summed E-state index contributed by atoms with van der Waals surface area (Å²) in [4.78, 5) is 63.4. The van der Waals surface area contributed by atoms with Crippen molar-refractivity contribution in [2.75, 3.05) is 12.3 Å². The zero-order chi connectivity index (χ0) is 21.9. The molecule has 0 unspecified atom stereocenters. The highest BCUT2D eigenvalue weighted by Crippen LogP contribution is 2.40. The maximum absolute atomic E-state index is 12.7. The van der Waals surface area contributed by atoms with Gasteiger partial charge in [-0.15, -0.1) is 0 Å². The molecule has 0 bridgehead atoms. The Hall–Kier alpha value is -3.28. The minimum Gasteiger partial charge on any atom is -0.463 e. The topological polar surface area (TPSA) is 166 Å². The molecule has 12 nitrogen and oxygen atoms in total. The summed E-state index contributed by atoms with van der Waals surface area (Å²) in [5.41, 5.74) is 2.31. The fraction of sp³-hybridized carbons (Fsp3) is 0.529. The van der Waals surface area contributed by atoms with E-state index in [0.717, 1.165) is 38.5 Å². The third kappa shape index (κ3) is 4.42. The number of ketones is 1. The Labute approximate surface area is 164 Å². The predicted molar refractivity (Wildman–Crippen MR) is 94.2 cm³/mol. The van der Waals surface area contributed by atoms with Gasteiger partial charge in [-0.3, -0.25) is 23.7 Å². The van der Waals surface area contributed by atoms with Crippen LogP contribution in [-0.2, 0) is 43.9 Å². The van der Waals surface area contributed by atoms with Gasteiger partial charge >= 0.3 is 23.6 Å². The summed E-state index contributed by atoms with van der Waals surface area (Å²) in [5.74, 6) is -3.12. The van der Waals surface area contributed by atoms with Crippen molar-refractivity contribution in [3.8, 4) is 0 Å². The minimum absolute atomic E-state index is 0.111. The standard InChI is InChI=1S/C17H21N3O9/c1-8(21)17(20-6-5-13(18)19-16(20)25)15(28-11(4)24)14(27-10(3)23)12(29-17)7-26-9(2)22/h5-6,12,14-15H,7H2,1-4H3,(H2,18,19,25)/t12-,14-,15-,17-/m1/s1. The van der Waals surface area contributed by atoms with Gasteiger partial charge in [0.05, 0.1) is 0 Å². The van der Waals surface area contributed by atoms with Crippen molar-refractivity contribution in [2.24, 2.45) is 0 Å². The number of rotatable bonds is 6. The Bertz CT molecular complexity index is 896. The van der Waals surface area contributed by atoms with Crippen LogP contribution in [0, 0.1) is 0 Å². The van der Waals surface area contributed by atoms with Crippen LogP contribution in [0.4, 0.5) is 5.82 Å². The molecule has 4 atom stereocenters. The highest BCUT2D eigenvalue weighted by Gasteiger charge is 2.64. The molecule has 0 aliphatic carbocycles. The largest absolute Gasteiger partial charge is 0.463 e. The van der Waals surface area contributed by atoms with Crippen LogP contribution in [0.25, 0.3) is 0 Å². The van der Waals surface area contributed by atoms with Gasteiger partial charge in [0, 0.05) is 27.0 Å². The maximum Gasteiger partial charge on any atom is 0.352 e. The van der Waals surface area contributed by atoms with E-state index in [1.54, 1.807) is 0 Å². The van der Waals surface area contributed by atoms with Gasteiger partial charge in [0.1, 0.15) is 18.5 Å². The first-order chi connectivity index (χ1) is 13.5. The van der Waals surface area contributed by atoms with Crippen LogP contribution in [0.3, 0.4) is 0 Å². The Morgan fingerprint density at radius 1 is 1.14 bits per heavy atom. The summed E-state index contributed by atoms with van der Waals surface area (Å²) in [6, 6.07) is 1.24. The lowest BCUT2D eigenvalue weighted by molar-refractivity contribution is -0.187. The normalized spacial score (nSPS) is 25.9. The van der Waals surface area contributed by atoms with Crippen LogP contribution < -0.4 is 11.4 Å². The number of ether oxygens (including phenoxy) is 4. The molecule has 1 aromatic rings. The van der Waals surface area contributed by atoms with Crippen LogP contribution in [0.5, 0.6) is 0 Å². The number of anilines is 1. The van der Waals surface area contributed by atoms with Gasteiger partial charge in [-0.25, -0.2) is 4.79 Å². The first-order valence-corrected chi connectivity index (χ1v) is 8.51. The van der Waals surface area contributed by atoms with Gasteiger partial charge in [0.15, 0.2) is 18.0 Å². The summed E-state index contributed by atoms with van der Waals surface area (Å²) in [7, 11) is 0. The van der Waals surface area contributed by atoms with Gasteiger partial charge < -0.3 is 24.7 Å². The monoisotopic (exact) mass is 411 g/mol. The van der Waals surface area contributed by atoms with Crippen LogP contribution in [0.1, 0.15) is 27.7 Å². The fourth-order valence-corrected chi connectivity index (χ4v) is 3.08. The Kier molecular flexibility index (Phi) is 6.37. The third-order valence-electron chi connectivity index (χ3n) is 4.11. The molecule has 1 fully saturated rings. The molecule has 0 amide bonds. The third-order valence-corrected chi connectivity index (χ3v) is 4.11. The smallest absolute Gasteiger partial charge is 0.352 e. The number of nitrogen functional groups attached to an aromatic ring is 1. The average Bonchev–Trinajstić information content (AvgIpc) is 2.87. The summed E-state index contributed by atoms with van der Waals surface area (Å²) < 4.78 is 22.0. The number of Topliss-reactive ketones (excluding diaryl/α,β-unsaturated/α-hetero) is 1. The van der Waals surface area contributed by atoms with E-state index in [1.165, 1.54) is 6.07 Å². The second-order valence-corrected chi connectivity index (χ2v) is 6.32. The molecule has 1 saturated heterocycles. The number of nitrogens with two attached hydrogens (primary N) is 1. The number of hydrogen-bond donors (Lipinski definition) is 1. The van der Waals surface area contributed by atoms with Crippen molar-refractivity contribution >= 4 is 29.5 Å². The molecule has 2 heterocycles. The predicted octanol–water partition coefficient (Wildman–Crippen LogP) is -1.11. The van der Waals surface area contributed by atoms with E-state index in [-0.39, 0.29) is 5.82 Å². The molecule has 0 aromatic carbocycles. The second kappa shape index (κ2) is 8.39. The molecule has 1 aliphatic rings. The van der Waals surface area contributed by atoms with E-state index < -0.39 is 60.0 Å². The zero-order valence-corrected chi connectivity index (χ0v) is 16.2. The van der Waals surface area contributed by atoms with E-state index in [4.69, 9.17) is 24.7 Å². The number of carbonyl (C=O) groups excluding carboxylic acids is 4. The number of nitrogens with zero attached hydrogens (tertiary/aromatic N) is 2. The maximum atomic E-state index is 12.7. The fourth-order valence-electron chi connectivity index (χ4n) is 3.08. The lowest BCUT2D eigenvalue weighted by atomic mass is 9.98. The van der Waals surface area contributed by atoms with Crippen molar-refractivity contribution < 1.29 is 38.1 Å². The summed E-state index contributed by atoms with van der Waals surface area (Å²) in [6.07, 6.45) is -3.00. The molecule has 158 valence electrons. The number of carbonyl (C=O) groups is 4. The Balaban J connectivity index is 2.68. The van der Waals surface area contributed by atoms with Crippen molar-refractivity contribution in [1.29, 1.82) is 0 Å². The van der Waals surface area contributed by atoms with Crippen molar-refractivity contribution in [3.63, 3.8) is 0 Å². The van der Waals surface area contributed by atoms with Gasteiger partial charge in [0.2, 0.25) is 5.72 Å². The highest BCUT2D eigenvalue weighted by molar-refractivity contribution is 5.85. The summed E-state index contributed by atoms with van der Waals surface area (Å²) in [6.45, 7) is 3.97. The molecule has 12 heteroatoms. The lowest BCUT2D eigenvalue weighted by Crippen LogP contribution is -2.56. The molecule has 29 heavy (non-hydrogen) atoms. The van der Waals surface area contributed by atoms with E-state index in [2.05, 4.69) is 4.98 Å². The molecule has 0 radical (unpaired) electrons. The highest BCUT2D eigenvalue weighted by atomic mass is 16.7. The molecular weight excluding hydrogens is 390 g/mol. The zero-order valence-electron chi connectivity index (χ0n) is 16.2. The first kappa shape index (κ1) is 22.0. The van der Waals surface area contributed by atoms with E-state index in [1.807, 2.05) is 0 Å². The molecule has 1 aromatic heterocycles. The number of esters is 3. The second-order valence-electron chi connectivity index (χ2n) is 6.32. The van der Waals surface area contributed by atoms with E-state index in [9.17, 15) is 24.0 Å². The Morgan fingerprint density at radius 3 is 2.24 bits per heavy atom. The molecule has 2 rings (SSSR count). The first-order valence-electron chi connectivity index (χ1n) is 8.51. The lowest BCUT2D eigenvalue weighted by Gasteiger charge is -2.33. The van der Waals surface area contributed by atoms with Crippen LogP contribution in [-0.4, -0.2) is 58.2 Å². The average molecular weight is 411 g/mol. The van der Waals surface area contributed by atoms with E-state index in [0.29, 0.717) is 0 Å². The summed E-state index contributed by atoms with van der Waals surface area (Å²) in [5, 5.41) is 0. The number of hydrogen-bond acceptors (Lipinski definition) is 11. The van der Waals surface area contributed by atoms with E-state index >= 15 is 0 Å². The van der Waals surface area contributed by atoms with Gasteiger partial charge in [0.25, 0.3) is 0 Å². The van der Waals surface area contributed by atoms with Crippen molar-refractivity contribution in [2.45, 2.75) is 51.7 Å². The van der Waals surface area contributed by atoms with Gasteiger partial charge in [-0.2, -0.15) is 4.98 Å². The molecule has 1 aliphatic heterocycles. The number of aromatic nitrogens is 2. The minimum atomic E-state index is -2.23. The SMILES string of the molecule is CC(=O)OC[C@H]1O[C@@](C(C)=O)(n2ccc(N)nc2=O)[C@H](OC(C)=O)[C@@H]1OC(C)=O. The van der Waals surface area contributed by atoms with Crippen LogP contribution in [0.2, 0.25) is 0 Å². The quantitative estimate of drug-likeness (QED) is 0.445.